The molecule has 0 aliphatic heterocycles. The summed E-state index contributed by atoms with van der Waals surface area (Å²) in [7, 11) is 0. The number of rotatable bonds is 0. The van der Waals surface area contributed by atoms with Crippen LogP contribution < -0.4 is 0 Å². The molecule has 68 valence electrons. The lowest BCUT2D eigenvalue weighted by Gasteiger charge is -2.42. The van der Waals surface area contributed by atoms with Crippen molar-refractivity contribution in [3.8, 4) is 0 Å². The first kappa shape index (κ1) is 8.31. The molecule has 0 radical (unpaired) electrons. The van der Waals surface area contributed by atoms with Crippen LogP contribution in [0.3, 0.4) is 0 Å². The Morgan fingerprint density at radius 3 is 3.17 bits per heavy atom. The zero-order valence-corrected chi connectivity index (χ0v) is 7.84. The Bertz CT molecular complexity index is 207. The lowest BCUT2D eigenvalue weighted by molar-refractivity contribution is -0.0513. The van der Waals surface area contributed by atoms with Gasteiger partial charge in [0.05, 0.1) is 5.60 Å². The van der Waals surface area contributed by atoms with Gasteiger partial charge in [0.15, 0.2) is 0 Å². The molecule has 2 aliphatic rings. The van der Waals surface area contributed by atoms with Gasteiger partial charge in [-0.25, -0.2) is 0 Å². The Morgan fingerprint density at radius 1 is 1.50 bits per heavy atom. The molecule has 12 heavy (non-hydrogen) atoms. The average molecular weight is 166 g/mol. The van der Waals surface area contributed by atoms with Gasteiger partial charge < -0.3 is 5.11 Å². The SMILES string of the molecule is CC1=CC[C@@H]2CCCC[C@]2(O)C1. The van der Waals surface area contributed by atoms with E-state index in [9.17, 15) is 5.11 Å². The number of hydrogen-bond donors (Lipinski definition) is 1. The van der Waals surface area contributed by atoms with Crippen LogP contribution in [0.2, 0.25) is 0 Å². The van der Waals surface area contributed by atoms with E-state index in [4.69, 9.17) is 0 Å². The van der Waals surface area contributed by atoms with Crippen molar-refractivity contribution in [3.63, 3.8) is 0 Å². The van der Waals surface area contributed by atoms with Crippen molar-refractivity contribution in [2.75, 3.05) is 0 Å². The maximum absolute atomic E-state index is 10.3. The summed E-state index contributed by atoms with van der Waals surface area (Å²) in [5, 5.41) is 10.3. The molecule has 0 amide bonds. The van der Waals surface area contributed by atoms with Crippen molar-refractivity contribution < 1.29 is 5.11 Å². The molecule has 0 saturated heterocycles. The molecule has 2 rings (SSSR count). The Labute approximate surface area is 74.5 Å². The zero-order chi connectivity index (χ0) is 8.60. The van der Waals surface area contributed by atoms with Crippen molar-refractivity contribution in [1.29, 1.82) is 0 Å². The highest BCUT2D eigenvalue weighted by molar-refractivity contribution is 5.12. The number of hydrogen-bond acceptors (Lipinski definition) is 1. The second-order valence-corrected chi connectivity index (χ2v) is 4.51. The number of allylic oxidation sites excluding steroid dienone is 1. The molecule has 1 heteroatoms. The van der Waals surface area contributed by atoms with E-state index in [0.717, 1.165) is 19.3 Å². The predicted octanol–water partition coefficient (Wildman–Crippen LogP) is 2.65. The van der Waals surface area contributed by atoms with E-state index >= 15 is 0 Å². The Morgan fingerprint density at radius 2 is 2.33 bits per heavy atom. The fourth-order valence-electron chi connectivity index (χ4n) is 2.76. The van der Waals surface area contributed by atoms with Gasteiger partial charge in [0, 0.05) is 0 Å². The fourth-order valence-corrected chi connectivity index (χ4v) is 2.76. The topological polar surface area (TPSA) is 20.2 Å². The minimum absolute atomic E-state index is 0.322. The molecule has 2 aliphatic carbocycles. The van der Waals surface area contributed by atoms with Gasteiger partial charge in [0.1, 0.15) is 0 Å². The Kier molecular flexibility index (Phi) is 1.99. The Hall–Kier alpha value is -0.300. The molecule has 0 aromatic heterocycles. The third-order valence-electron chi connectivity index (χ3n) is 3.51. The standard InChI is InChI=1S/C11H18O/c1-9-5-6-10-4-2-3-7-11(10,12)8-9/h5,10,12H,2-4,6-8H2,1H3/t10-,11-/m0/s1. The zero-order valence-electron chi connectivity index (χ0n) is 7.84. The molecular formula is C11H18O. The monoisotopic (exact) mass is 166 g/mol. The largest absolute Gasteiger partial charge is 0.389 e. The first-order valence-corrected chi connectivity index (χ1v) is 5.09. The molecule has 1 nitrogen and oxygen atoms in total. The first-order chi connectivity index (χ1) is 5.71. The number of fused-ring (bicyclic) bond motifs is 1. The van der Waals surface area contributed by atoms with Gasteiger partial charge in [-0.3, -0.25) is 0 Å². The van der Waals surface area contributed by atoms with Crippen molar-refractivity contribution >= 4 is 0 Å². The molecule has 0 aromatic carbocycles. The molecule has 0 spiro atoms. The summed E-state index contributed by atoms with van der Waals surface area (Å²) in [4.78, 5) is 0. The van der Waals surface area contributed by atoms with Crippen LogP contribution in [-0.4, -0.2) is 10.7 Å². The van der Waals surface area contributed by atoms with Crippen molar-refractivity contribution in [1.82, 2.24) is 0 Å². The van der Waals surface area contributed by atoms with E-state index in [1.54, 1.807) is 0 Å². The minimum atomic E-state index is -0.322. The van der Waals surface area contributed by atoms with E-state index in [0.29, 0.717) is 5.92 Å². The lowest BCUT2D eigenvalue weighted by atomic mass is 9.68. The van der Waals surface area contributed by atoms with Crippen molar-refractivity contribution in [2.24, 2.45) is 5.92 Å². The van der Waals surface area contributed by atoms with Crippen LogP contribution in [0.1, 0.15) is 45.4 Å². The van der Waals surface area contributed by atoms with E-state index in [-0.39, 0.29) is 5.60 Å². The first-order valence-electron chi connectivity index (χ1n) is 5.09. The van der Waals surface area contributed by atoms with E-state index < -0.39 is 0 Å². The smallest absolute Gasteiger partial charge is 0.0715 e. The molecule has 1 N–H and O–H groups in total. The van der Waals surface area contributed by atoms with Crippen LogP contribution in [0.4, 0.5) is 0 Å². The Balaban J connectivity index is 2.17. The van der Waals surface area contributed by atoms with Crippen LogP contribution in [0, 0.1) is 5.92 Å². The van der Waals surface area contributed by atoms with Gasteiger partial charge in [-0.15, -0.1) is 0 Å². The second-order valence-electron chi connectivity index (χ2n) is 4.51. The number of aliphatic hydroxyl groups is 1. The minimum Gasteiger partial charge on any atom is -0.389 e. The van der Waals surface area contributed by atoms with E-state index in [1.807, 2.05) is 0 Å². The summed E-state index contributed by atoms with van der Waals surface area (Å²) in [5.74, 6) is 0.565. The highest BCUT2D eigenvalue weighted by Gasteiger charge is 2.39. The maximum Gasteiger partial charge on any atom is 0.0715 e. The van der Waals surface area contributed by atoms with Crippen molar-refractivity contribution in [3.05, 3.63) is 11.6 Å². The fraction of sp³-hybridized carbons (Fsp3) is 0.818. The average Bonchev–Trinajstić information content (AvgIpc) is 2.02. The third-order valence-corrected chi connectivity index (χ3v) is 3.51. The molecule has 1 fully saturated rings. The summed E-state index contributed by atoms with van der Waals surface area (Å²) in [5.41, 5.74) is 1.06. The second kappa shape index (κ2) is 2.88. The van der Waals surface area contributed by atoms with Gasteiger partial charge in [0.25, 0.3) is 0 Å². The van der Waals surface area contributed by atoms with Gasteiger partial charge in [-0.05, 0) is 38.5 Å². The van der Waals surface area contributed by atoms with E-state index in [2.05, 4.69) is 13.0 Å². The summed E-state index contributed by atoms with van der Waals surface area (Å²) < 4.78 is 0. The lowest BCUT2D eigenvalue weighted by Crippen LogP contribution is -2.42. The summed E-state index contributed by atoms with van der Waals surface area (Å²) >= 11 is 0. The van der Waals surface area contributed by atoms with Crippen molar-refractivity contribution in [2.45, 2.75) is 51.0 Å². The molecular weight excluding hydrogens is 148 g/mol. The van der Waals surface area contributed by atoms with Crippen LogP contribution >= 0.6 is 0 Å². The molecule has 0 aromatic rings. The molecule has 0 bridgehead atoms. The van der Waals surface area contributed by atoms with Crippen LogP contribution in [0.15, 0.2) is 11.6 Å². The summed E-state index contributed by atoms with van der Waals surface area (Å²) in [6.45, 7) is 2.14. The summed E-state index contributed by atoms with van der Waals surface area (Å²) in [6, 6.07) is 0. The third kappa shape index (κ3) is 1.31. The quantitative estimate of drug-likeness (QED) is 0.548. The van der Waals surface area contributed by atoms with Crippen LogP contribution in [-0.2, 0) is 0 Å². The highest BCUT2D eigenvalue weighted by Crippen LogP contribution is 2.43. The van der Waals surface area contributed by atoms with Crippen LogP contribution in [0.5, 0.6) is 0 Å². The van der Waals surface area contributed by atoms with E-state index in [1.165, 1.54) is 24.8 Å². The van der Waals surface area contributed by atoms with Gasteiger partial charge >= 0.3 is 0 Å². The molecule has 0 unspecified atom stereocenters. The van der Waals surface area contributed by atoms with Gasteiger partial charge in [-0.2, -0.15) is 0 Å². The summed E-state index contributed by atoms with van der Waals surface area (Å²) in [6.07, 6.45) is 9.16. The highest BCUT2D eigenvalue weighted by atomic mass is 16.3. The van der Waals surface area contributed by atoms with Gasteiger partial charge in [0.2, 0.25) is 0 Å². The van der Waals surface area contributed by atoms with Crippen LogP contribution in [0.25, 0.3) is 0 Å². The molecule has 2 atom stereocenters. The molecule has 1 saturated carbocycles. The maximum atomic E-state index is 10.3. The normalized spacial score (nSPS) is 41.8. The van der Waals surface area contributed by atoms with Gasteiger partial charge in [-0.1, -0.05) is 24.5 Å². The predicted molar refractivity (Wildman–Crippen MR) is 49.9 cm³/mol. The molecule has 0 heterocycles.